The summed E-state index contributed by atoms with van der Waals surface area (Å²) in [7, 11) is 1.57. The van der Waals surface area contributed by atoms with E-state index in [1.807, 2.05) is 24.0 Å². The van der Waals surface area contributed by atoms with Gasteiger partial charge >= 0.3 is 0 Å². The Kier molecular flexibility index (Phi) is 4.55. The van der Waals surface area contributed by atoms with E-state index >= 15 is 0 Å². The largest absolute Gasteiger partial charge is 0.480 e. The first-order valence-corrected chi connectivity index (χ1v) is 9.27. The third-order valence-electron chi connectivity index (χ3n) is 5.19. The lowest BCUT2D eigenvalue weighted by atomic mass is 10.1. The summed E-state index contributed by atoms with van der Waals surface area (Å²) >= 11 is 0. The standard InChI is InChI=1S/C19H24N6O2/c1-12-10-16(23-19(20)21-12)24-6-8-25(9-7-24)18(26)14-11-13-4-3-5-15(13)22-17(14)27-2/h10-11H,3-9H2,1-2H3,(H2,20,21,23). The molecule has 4 rings (SSSR count). The molecule has 0 bridgehead atoms. The maximum absolute atomic E-state index is 13.1. The first-order chi connectivity index (χ1) is 13.0. The summed E-state index contributed by atoms with van der Waals surface area (Å²) in [6.07, 6.45) is 3.03. The number of carbonyl (C=O) groups is 1. The average molecular weight is 368 g/mol. The lowest BCUT2D eigenvalue weighted by Gasteiger charge is -2.35. The van der Waals surface area contributed by atoms with Crippen LogP contribution < -0.4 is 15.4 Å². The molecule has 0 atom stereocenters. The van der Waals surface area contributed by atoms with Crippen molar-refractivity contribution in [3.05, 3.63) is 34.6 Å². The fourth-order valence-corrected chi connectivity index (χ4v) is 3.81. The fraction of sp³-hybridized carbons (Fsp3) is 0.474. The number of rotatable bonds is 3. The molecule has 1 aliphatic heterocycles. The fourth-order valence-electron chi connectivity index (χ4n) is 3.81. The summed E-state index contributed by atoms with van der Waals surface area (Å²) < 4.78 is 5.40. The summed E-state index contributed by atoms with van der Waals surface area (Å²) in [5, 5.41) is 0. The van der Waals surface area contributed by atoms with Crippen LogP contribution in [0, 0.1) is 6.92 Å². The number of methoxy groups -OCH3 is 1. The maximum atomic E-state index is 13.1. The molecule has 0 unspecified atom stereocenters. The number of aryl methyl sites for hydroxylation is 3. The van der Waals surface area contributed by atoms with Crippen molar-refractivity contribution in [3.8, 4) is 5.88 Å². The summed E-state index contributed by atoms with van der Waals surface area (Å²) in [6.45, 7) is 4.52. The van der Waals surface area contributed by atoms with Crippen LogP contribution in [0.3, 0.4) is 0 Å². The number of ether oxygens (including phenoxy) is 1. The minimum atomic E-state index is -0.0212. The highest BCUT2D eigenvalue weighted by atomic mass is 16.5. The summed E-state index contributed by atoms with van der Waals surface area (Å²) in [6, 6.07) is 3.89. The van der Waals surface area contributed by atoms with Crippen LogP contribution >= 0.6 is 0 Å². The zero-order valence-corrected chi connectivity index (χ0v) is 15.7. The second-order valence-corrected chi connectivity index (χ2v) is 7.01. The summed E-state index contributed by atoms with van der Waals surface area (Å²) in [5.41, 5.74) is 9.39. The molecule has 2 aliphatic rings. The smallest absolute Gasteiger partial charge is 0.259 e. The lowest BCUT2D eigenvalue weighted by molar-refractivity contribution is 0.0742. The van der Waals surface area contributed by atoms with Crippen LogP contribution in [0.15, 0.2) is 12.1 Å². The molecule has 142 valence electrons. The minimum absolute atomic E-state index is 0.0212. The maximum Gasteiger partial charge on any atom is 0.259 e. The van der Waals surface area contributed by atoms with Gasteiger partial charge < -0.3 is 20.3 Å². The second kappa shape index (κ2) is 7.02. The third-order valence-corrected chi connectivity index (χ3v) is 5.19. The molecule has 27 heavy (non-hydrogen) atoms. The lowest BCUT2D eigenvalue weighted by Crippen LogP contribution is -2.49. The number of carbonyl (C=O) groups excluding carboxylic acids is 1. The number of hydrogen-bond acceptors (Lipinski definition) is 7. The molecule has 8 nitrogen and oxygen atoms in total. The Bertz CT molecular complexity index is 856. The zero-order chi connectivity index (χ0) is 19.0. The molecule has 2 aromatic heterocycles. The van der Waals surface area contributed by atoms with E-state index in [1.54, 1.807) is 7.11 Å². The molecule has 1 aliphatic carbocycles. The normalized spacial score (nSPS) is 16.4. The van der Waals surface area contributed by atoms with E-state index in [0.29, 0.717) is 37.6 Å². The molecule has 1 saturated heterocycles. The van der Waals surface area contributed by atoms with Gasteiger partial charge in [-0.2, -0.15) is 4.98 Å². The predicted octanol–water partition coefficient (Wildman–Crippen LogP) is 1.22. The van der Waals surface area contributed by atoms with E-state index in [0.717, 1.165) is 36.5 Å². The van der Waals surface area contributed by atoms with E-state index in [-0.39, 0.29) is 11.9 Å². The second-order valence-electron chi connectivity index (χ2n) is 7.01. The number of anilines is 2. The van der Waals surface area contributed by atoms with Gasteiger partial charge in [-0.25, -0.2) is 9.97 Å². The number of hydrogen-bond donors (Lipinski definition) is 1. The van der Waals surface area contributed by atoms with Crippen LogP contribution in [-0.2, 0) is 12.8 Å². The van der Waals surface area contributed by atoms with Crippen molar-refractivity contribution in [1.29, 1.82) is 0 Å². The Morgan fingerprint density at radius 3 is 2.59 bits per heavy atom. The van der Waals surface area contributed by atoms with Crippen molar-refractivity contribution >= 4 is 17.7 Å². The molecule has 0 spiro atoms. The highest BCUT2D eigenvalue weighted by Gasteiger charge is 2.27. The Balaban J connectivity index is 1.49. The topological polar surface area (TPSA) is 97.5 Å². The van der Waals surface area contributed by atoms with Crippen LogP contribution in [0.5, 0.6) is 5.88 Å². The monoisotopic (exact) mass is 368 g/mol. The highest BCUT2D eigenvalue weighted by Crippen LogP contribution is 2.28. The van der Waals surface area contributed by atoms with Crippen LogP contribution in [0.2, 0.25) is 0 Å². The predicted molar refractivity (Wildman–Crippen MR) is 102 cm³/mol. The first kappa shape index (κ1) is 17.5. The van der Waals surface area contributed by atoms with Crippen LogP contribution in [0.1, 0.15) is 33.7 Å². The van der Waals surface area contributed by atoms with Gasteiger partial charge in [0.15, 0.2) is 0 Å². The van der Waals surface area contributed by atoms with Crippen LogP contribution in [0.25, 0.3) is 0 Å². The van der Waals surface area contributed by atoms with Crippen molar-refractivity contribution in [2.45, 2.75) is 26.2 Å². The number of pyridine rings is 1. The Morgan fingerprint density at radius 2 is 1.89 bits per heavy atom. The van der Waals surface area contributed by atoms with Crippen LogP contribution in [0.4, 0.5) is 11.8 Å². The summed E-state index contributed by atoms with van der Waals surface area (Å²) in [4.78, 5) is 30.0. The van der Waals surface area contributed by atoms with Crippen molar-refractivity contribution in [2.24, 2.45) is 0 Å². The molecule has 0 radical (unpaired) electrons. The highest BCUT2D eigenvalue weighted by molar-refractivity contribution is 5.96. The van der Waals surface area contributed by atoms with E-state index in [4.69, 9.17) is 10.5 Å². The Labute approximate surface area is 158 Å². The van der Waals surface area contributed by atoms with Gasteiger partial charge in [0.25, 0.3) is 5.91 Å². The number of piperazine rings is 1. The van der Waals surface area contributed by atoms with Gasteiger partial charge in [-0.3, -0.25) is 4.79 Å². The molecular weight excluding hydrogens is 344 g/mol. The van der Waals surface area contributed by atoms with Gasteiger partial charge in [0.05, 0.1) is 7.11 Å². The van der Waals surface area contributed by atoms with E-state index in [1.165, 1.54) is 5.56 Å². The van der Waals surface area contributed by atoms with E-state index in [9.17, 15) is 4.79 Å². The molecule has 1 amide bonds. The SMILES string of the molecule is COc1nc2c(cc1C(=O)N1CCN(c3cc(C)nc(N)n3)CC1)CCC2. The number of fused-ring (bicyclic) bond motifs is 1. The first-order valence-electron chi connectivity index (χ1n) is 9.27. The number of nitrogen functional groups attached to an aromatic ring is 1. The van der Waals surface area contributed by atoms with Crippen molar-refractivity contribution < 1.29 is 9.53 Å². The molecule has 3 heterocycles. The average Bonchev–Trinajstić information content (AvgIpc) is 3.13. The Morgan fingerprint density at radius 1 is 1.11 bits per heavy atom. The van der Waals surface area contributed by atoms with Crippen LogP contribution in [-0.4, -0.2) is 59.0 Å². The third kappa shape index (κ3) is 3.39. The van der Waals surface area contributed by atoms with Gasteiger partial charge in [0.2, 0.25) is 11.8 Å². The van der Waals surface area contributed by atoms with Crippen molar-refractivity contribution in [2.75, 3.05) is 43.9 Å². The molecule has 0 aromatic carbocycles. The zero-order valence-electron chi connectivity index (χ0n) is 15.7. The number of amides is 1. The number of aromatic nitrogens is 3. The minimum Gasteiger partial charge on any atom is -0.480 e. The molecule has 2 N–H and O–H groups in total. The van der Waals surface area contributed by atoms with Gasteiger partial charge in [-0.1, -0.05) is 0 Å². The molecule has 1 fully saturated rings. The van der Waals surface area contributed by atoms with Crippen molar-refractivity contribution in [3.63, 3.8) is 0 Å². The van der Waals surface area contributed by atoms with E-state index in [2.05, 4.69) is 19.9 Å². The molecular formula is C19H24N6O2. The summed E-state index contributed by atoms with van der Waals surface area (Å²) in [5.74, 6) is 1.50. The number of nitrogens with two attached hydrogens (primary N) is 1. The Hall–Kier alpha value is -2.90. The molecule has 0 saturated carbocycles. The van der Waals surface area contributed by atoms with Gasteiger partial charge in [-0.15, -0.1) is 0 Å². The number of nitrogens with zero attached hydrogens (tertiary/aromatic N) is 5. The van der Waals surface area contributed by atoms with E-state index < -0.39 is 0 Å². The quantitative estimate of drug-likeness (QED) is 0.870. The van der Waals surface area contributed by atoms with Gasteiger partial charge in [0, 0.05) is 43.6 Å². The molecule has 2 aromatic rings. The van der Waals surface area contributed by atoms with Gasteiger partial charge in [0.1, 0.15) is 11.4 Å². The van der Waals surface area contributed by atoms with Crippen molar-refractivity contribution in [1.82, 2.24) is 19.9 Å². The van der Waals surface area contributed by atoms with Gasteiger partial charge in [-0.05, 0) is 37.8 Å². The molecule has 8 heteroatoms.